The van der Waals surface area contributed by atoms with Crippen molar-refractivity contribution in [1.82, 2.24) is 4.98 Å². The summed E-state index contributed by atoms with van der Waals surface area (Å²) >= 11 is 5.96. The van der Waals surface area contributed by atoms with Gasteiger partial charge >= 0.3 is 0 Å². The molecule has 2 aromatic heterocycles. The number of pyridine rings is 1. The highest BCUT2D eigenvalue weighted by Crippen LogP contribution is 2.33. The van der Waals surface area contributed by atoms with Crippen molar-refractivity contribution in [3.05, 3.63) is 91.9 Å². The minimum atomic E-state index is -0.793. The SMILES string of the molecule is Cc1cc([C@@H](C)Nc2ccc(Cl)nc2C)c2oc(-c3ccc(F)cc3F)c(C)c(=O)c2c1. The molecule has 0 unspecified atom stereocenters. The average Bonchev–Trinajstić information content (AvgIpc) is 2.73. The van der Waals surface area contributed by atoms with Crippen LogP contribution < -0.4 is 10.7 Å². The van der Waals surface area contributed by atoms with Crippen LogP contribution in [0.5, 0.6) is 0 Å². The summed E-state index contributed by atoms with van der Waals surface area (Å²) in [6.45, 7) is 7.25. The van der Waals surface area contributed by atoms with Crippen LogP contribution in [-0.4, -0.2) is 4.98 Å². The number of anilines is 1. The zero-order valence-electron chi connectivity index (χ0n) is 18.0. The smallest absolute Gasteiger partial charge is 0.196 e. The summed E-state index contributed by atoms with van der Waals surface area (Å²) in [4.78, 5) is 17.4. The van der Waals surface area contributed by atoms with Crippen LogP contribution in [-0.2, 0) is 0 Å². The number of nitrogens with zero attached hydrogens (tertiary/aromatic N) is 1. The third kappa shape index (κ3) is 3.98. The maximum Gasteiger partial charge on any atom is 0.196 e. The zero-order chi connectivity index (χ0) is 23.2. The topological polar surface area (TPSA) is 55.1 Å². The molecule has 164 valence electrons. The van der Waals surface area contributed by atoms with Crippen molar-refractivity contribution in [2.24, 2.45) is 0 Å². The molecule has 0 saturated heterocycles. The third-order valence-electron chi connectivity index (χ3n) is 5.46. The molecule has 7 heteroatoms. The molecule has 4 aromatic rings. The van der Waals surface area contributed by atoms with E-state index in [4.69, 9.17) is 16.0 Å². The van der Waals surface area contributed by atoms with Gasteiger partial charge in [0, 0.05) is 17.2 Å². The quantitative estimate of drug-likeness (QED) is 0.341. The van der Waals surface area contributed by atoms with Crippen molar-refractivity contribution in [3.8, 4) is 11.3 Å². The van der Waals surface area contributed by atoms with E-state index in [1.807, 2.05) is 32.9 Å². The number of aryl methyl sites for hydroxylation is 2. The number of rotatable bonds is 4. The Morgan fingerprint density at radius 3 is 2.50 bits per heavy atom. The molecule has 4 rings (SSSR count). The molecule has 0 bridgehead atoms. The number of halogens is 3. The molecule has 2 aromatic carbocycles. The lowest BCUT2D eigenvalue weighted by atomic mass is 9.98. The van der Waals surface area contributed by atoms with E-state index in [1.54, 1.807) is 19.1 Å². The van der Waals surface area contributed by atoms with E-state index in [0.29, 0.717) is 16.1 Å². The van der Waals surface area contributed by atoms with Gasteiger partial charge < -0.3 is 9.73 Å². The number of aromatic nitrogens is 1. The summed E-state index contributed by atoms with van der Waals surface area (Å²) in [5.74, 6) is -1.41. The standard InChI is InChI=1S/C25H21ClF2N2O2/c1-12-9-18(14(3)29-21-7-8-22(26)30-15(21)4)25-19(10-12)23(31)13(2)24(32-25)17-6-5-16(27)11-20(17)28/h5-11,14,29H,1-4H3/t14-/m1/s1. The molecule has 0 radical (unpaired) electrons. The van der Waals surface area contributed by atoms with Gasteiger partial charge in [-0.3, -0.25) is 4.79 Å². The fourth-order valence-corrected chi connectivity index (χ4v) is 4.00. The van der Waals surface area contributed by atoms with Gasteiger partial charge in [-0.15, -0.1) is 0 Å². The number of benzene rings is 2. The van der Waals surface area contributed by atoms with E-state index in [-0.39, 0.29) is 28.4 Å². The largest absolute Gasteiger partial charge is 0.455 e. The van der Waals surface area contributed by atoms with Crippen LogP contribution in [0.3, 0.4) is 0 Å². The highest BCUT2D eigenvalue weighted by Gasteiger charge is 2.21. The first-order valence-corrected chi connectivity index (χ1v) is 10.5. The van der Waals surface area contributed by atoms with E-state index in [1.165, 1.54) is 6.07 Å². The lowest BCUT2D eigenvalue weighted by Crippen LogP contribution is -2.13. The van der Waals surface area contributed by atoms with Crippen LogP contribution in [0, 0.1) is 32.4 Å². The van der Waals surface area contributed by atoms with Gasteiger partial charge in [-0.2, -0.15) is 0 Å². The average molecular weight is 455 g/mol. The Balaban J connectivity index is 1.91. The van der Waals surface area contributed by atoms with Crippen molar-refractivity contribution in [3.63, 3.8) is 0 Å². The maximum atomic E-state index is 14.5. The summed E-state index contributed by atoms with van der Waals surface area (Å²) in [6, 6.07) is 10.1. The van der Waals surface area contributed by atoms with Crippen LogP contribution >= 0.6 is 11.6 Å². The van der Waals surface area contributed by atoms with E-state index in [0.717, 1.165) is 34.6 Å². The number of hydrogen-bond acceptors (Lipinski definition) is 4. The lowest BCUT2D eigenvalue weighted by Gasteiger charge is -2.20. The molecule has 1 N–H and O–H groups in total. The number of fused-ring (bicyclic) bond motifs is 1. The fourth-order valence-electron chi connectivity index (χ4n) is 3.81. The molecule has 0 aliphatic carbocycles. The van der Waals surface area contributed by atoms with Crippen molar-refractivity contribution < 1.29 is 13.2 Å². The first kappa shape index (κ1) is 22.0. The first-order chi connectivity index (χ1) is 15.2. The molecule has 2 heterocycles. The first-order valence-electron chi connectivity index (χ1n) is 10.1. The molecule has 0 aliphatic heterocycles. The summed E-state index contributed by atoms with van der Waals surface area (Å²) in [5.41, 5.74) is 3.53. The minimum absolute atomic E-state index is 0.0350. The van der Waals surface area contributed by atoms with Crippen LogP contribution in [0.1, 0.15) is 35.3 Å². The zero-order valence-corrected chi connectivity index (χ0v) is 18.8. The van der Waals surface area contributed by atoms with Crippen LogP contribution in [0.15, 0.2) is 51.7 Å². The number of hydrogen-bond donors (Lipinski definition) is 1. The predicted octanol–water partition coefficient (Wildman–Crippen LogP) is 6.88. The normalized spacial score (nSPS) is 12.2. The Kier molecular flexibility index (Phi) is 5.73. The molecular weight excluding hydrogens is 434 g/mol. The Morgan fingerprint density at radius 1 is 1.06 bits per heavy atom. The molecule has 0 saturated carbocycles. The van der Waals surface area contributed by atoms with Gasteiger partial charge in [-0.05, 0) is 63.6 Å². The van der Waals surface area contributed by atoms with E-state index in [9.17, 15) is 13.6 Å². The highest BCUT2D eigenvalue weighted by atomic mass is 35.5. The van der Waals surface area contributed by atoms with Gasteiger partial charge in [0.25, 0.3) is 0 Å². The third-order valence-corrected chi connectivity index (χ3v) is 5.67. The molecule has 32 heavy (non-hydrogen) atoms. The Labute approximate surface area is 188 Å². The van der Waals surface area contributed by atoms with Crippen molar-refractivity contribution in [2.75, 3.05) is 5.32 Å². The van der Waals surface area contributed by atoms with E-state index in [2.05, 4.69) is 10.3 Å². The maximum absolute atomic E-state index is 14.5. The molecule has 0 amide bonds. The lowest BCUT2D eigenvalue weighted by molar-refractivity contribution is 0.569. The monoisotopic (exact) mass is 454 g/mol. The molecule has 0 spiro atoms. The van der Waals surface area contributed by atoms with Crippen LogP contribution in [0.2, 0.25) is 5.15 Å². The second-order valence-electron chi connectivity index (χ2n) is 7.87. The second-order valence-corrected chi connectivity index (χ2v) is 8.26. The molecule has 0 aliphatic rings. The predicted molar refractivity (Wildman–Crippen MR) is 123 cm³/mol. The molecule has 0 fully saturated rings. The second kappa shape index (κ2) is 8.36. The molecular formula is C25H21ClF2N2O2. The molecule has 4 nitrogen and oxygen atoms in total. The van der Waals surface area contributed by atoms with Gasteiger partial charge in [0.2, 0.25) is 0 Å². The summed E-state index contributed by atoms with van der Waals surface area (Å²) in [6.07, 6.45) is 0. The van der Waals surface area contributed by atoms with E-state index < -0.39 is 11.6 Å². The summed E-state index contributed by atoms with van der Waals surface area (Å²) in [7, 11) is 0. The Bertz CT molecular complexity index is 1420. The van der Waals surface area contributed by atoms with Gasteiger partial charge in [0.15, 0.2) is 5.43 Å². The van der Waals surface area contributed by atoms with Gasteiger partial charge in [-0.25, -0.2) is 13.8 Å². The fraction of sp³-hybridized carbons (Fsp3) is 0.200. The van der Waals surface area contributed by atoms with Crippen molar-refractivity contribution in [1.29, 1.82) is 0 Å². The Hall–Kier alpha value is -3.25. The van der Waals surface area contributed by atoms with Gasteiger partial charge in [-0.1, -0.05) is 17.7 Å². The minimum Gasteiger partial charge on any atom is -0.455 e. The van der Waals surface area contributed by atoms with Crippen LogP contribution in [0.4, 0.5) is 14.5 Å². The summed E-state index contributed by atoms with van der Waals surface area (Å²) < 4.78 is 34.1. The summed E-state index contributed by atoms with van der Waals surface area (Å²) in [5, 5.41) is 4.18. The van der Waals surface area contributed by atoms with Crippen LogP contribution in [0.25, 0.3) is 22.3 Å². The van der Waals surface area contributed by atoms with Crippen molar-refractivity contribution in [2.45, 2.75) is 33.7 Å². The highest BCUT2D eigenvalue weighted by molar-refractivity contribution is 6.29. The van der Waals surface area contributed by atoms with E-state index >= 15 is 0 Å². The van der Waals surface area contributed by atoms with Crippen molar-refractivity contribution >= 4 is 28.3 Å². The molecule has 1 atom stereocenters. The Morgan fingerprint density at radius 2 is 1.81 bits per heavy atom. The van der Waals surface area contributed by atoms with Gasteiger partial charge in [0.05, 0.1) is 28.4 Å². The number of nitrogens with one attached hydrogen (secondary N) is 1. The van der Waals surface area contributed by atoms with Gasteiger partial charge in [0.1, 0.15) is 28.1 Å².